The average Bonchev–Trinajstić information content (AvgIpc) is 2.61. The normalized spacial score (nSPS) is 21.4. The quantitative estimate of drug-likeness (QED) is 0.713. The van der Waals surface area contributed by atoms with Gasteiger partial charge in [0.05, 0.1) is 4.90 Å². The lowest BCUT2D eigenvalue weighted by molar-refractivity contribution is 0.204. The van der Waals surface area contributed by atoms with Crippen LogP contribution in [0.25, 0.3) is 0 Å². The highest BCUT2D eigenvalue weighted by atomic mass is 35.5. The first-order valence-electron chi connectivity index (χ1n) is 8.90. The monoisotopic (exact) mass is 443 g/mol. The second-order valence-electron chi connectivity index (χ2n) is 6.89. The van der Waals surface area contributed by atoms with Crippen molar-refractivity contribution < 1.29 is 16.8 Å². The second kappa shape index (κ2) is 7.98. The fraction of sp³-hybridized carbons (Fsp3) is 0.389. The van der Waals surface area contributed by atoms with Crippen molar-refractivity contribution in [3.05, 3.63) is 47.7 Å². The van der Waals surface area contributed by atoms with Gasteiger partial charge in [-0.15, -0.1) is 0 Å². The molecule has 1 aromatic heterocycles. The third-order valence-electron chi connectivity index (χ3n) is 4.81. The number of aromatic nitrogens is 1. The van der Waals surface area contributed by atoms with E-state index >= 15 is 0 Å². The van der Waals surface area contributed by atoms with Gasteiger partial charge in [-0.1, -0.05) is 18.0 Å². The van der Waals surface area contributed by atoms with Gasteiger partial charge in [-0.25, -0.2) is 21.8 Å². The molecule has 1 fully saturated rings. The Morgan fingerprint density at radius 2 is 1.64 bits per heavy atom. The summed E-state index contributed by atoms with van der Waals surface area (Å²) in [5.74, 6) is 0. The van der Waals surface area contributed by atoms with Crippen LogP contribution < -0.4 is 4.72 Å². The molecular weight excluding hydrogens is 422 g/mol. The van der Waals surface area contributed by atoms with Gasteiger partial charge >= 0.3 is 0 Å². The Morgan fingerprint density at radius 3 is 2.21 bits per heavy atom. The molecule has 7 nitrogen and oxygen atoms in total. The minimum atomic E-state index is -3.93. The molecule has 0 amide bonds. The number of halogens is 1. The number of rotatable bonds is 5. The summed E-state index contributed by atoms with van der Waals surface area (Å²) < 4.78 is 55.0. The number of pyridine rings is 1. The van der Waals surface area contributed by atoms with E-state index in [-0.39, 0.29) is 32.7 Å². The zero-order valence-corrected chi connectivity index (χ0v) is 17.9. The molecule has 10 heteroatoms. The van der Waals surface area contributed by atoms with Gasteiger partial charge in [-0.3, -0.25) is 4.72 Å². The van der Waals surface area contributed by atoms with Crippen LogP contribution in [-0.4, -0.2) is 38.2 Å². The topological polar surface area (TPSA) is 96.4 Å². The van der Waals surface area contributed by atoms with E-state index in [0.717, 1.165) is 19.3 Å². The molecule has 152 valence electrons. The molecule has 1 saturated heterocycles. The molecule has 2 aromatic rings. The first-order valence-corrected chi connectivity index (χ1v) is 12.2. The third kappa shape index (κ3) is 4.17. The summed E-state index contributed by atoms with van der Waals surface area (Å²) in [6.45, 7) is 3.82. The van der Waals surface area contributed by atoms with Gasteiger partial charge in [0.15, 0.2) is 0 Å². The number of hydrogen-bond donors (Lipinski definition) is 1. The molecule has 0 radical (unpaired) electrons. The van der Waals surface area contributed by atoms with Crippen LogP contribution in [-0.2, 0) is 20.0 Å². The van der Waals surface area contributed by atoms with Crippen molar-refractivity contribution in [1.82, 2.24) is 9.29 Å². The maximum atomic E-state index is 13.0. The standard InChI is InChI=1S/C18H22ClN3O4S2/c1-13-5-3-6-14(2)22(13)28(25,26)16-10-8-15(9-11-16)21-27(23,24)17-7-4-12-20-18(17)19/h4,7-14,21H,3,5-6H2,1-2H3. The SMILES string of the molecule is CC1CCCC(C)N1S(=O)(=O)c1ccc(NS(=O)(=O)c2cccnc2Cl)cc1. The van der Waals surface area contributed by atoms with Gasteiger partial charge in [-0.2, -0.15) is 4.31 Å². The van der Waals surface area contributed by atoms with Crippen LogP contribution in [0.3, 0.4) is 0 Å². The lowest BCUT2D eigenvalue weighted by Crippen LogP contribution is -2.47. The van der Waals surface area contributed by atoms with Crippen molar-refractivity contribution in [1.29, 1.82) is 0 Å². The van der Waals surface area contributed by atoms with Crippen LogP contribution in [0.15, 0.2) is 52.4 Å². The predicted octanol–water partition coefficient (Wildman–Crippen LogP) is 3.49. The molecule has 3 rings (SSSR count). The zero-order chi connectivity index (χ0) is 20.5. The molecule has 1 aromatic carbocycles. The smallest absolute Gasteiger partial charge is 0.264 e. The van der Waals surface area contributed by atoms with Crippen molar-refractivity contribution in [3.8, 4) is 0 Å². The van der Waals surface area contributed by atoms with E-state index in [9.17, 15) is 16.8 Å². The predicted molar refractivity (Wildman–Crippen MR) is 108 cm³/mol. The Hall–Kier alpha value is -1.68. The highest BCUT2D eigenvalue weighted by Gasteiger charge is 2.35. The van der Waals surface area contributed by atoms with Gasteiger partial charge < -0.3 is 0 Å². The van der Waals surface area contributed by atoms with Gasteiger partial charge in [0.2, 0.25) is 10.0 Å². The summed E-state index contributed by atoms with van der Waals surface area (Å²) in [7, 11) is -7.59. The van der Waals surface area contributed by atoms with Crippen LogP contribution in [0.4, 0.5) is 5.69 Å². The Kier molecular flexibility index (Phi) is 6.00. The molecule has 2 unspecified atom stereocenters. The second-order valence-corrected chi connectivity index (χ2v) is 10.7. The van der Waals surface area contributed by atoms with Crippen LogP contribution >= 0.6 is 11.6 Å². The first kappa shape index (κ1) is 21.0. The van der Waals surface area contributed by atoms with E-state index in [2.05, 4.69) is 9.71 Å². The van der Waals surface area contributed by atoms with E-state index in [1.807, 2.05) is 13.8 Å². The Morgan fingerprint density at radius 1 is 1.04 bits per heavy atom. The zero-order valence-electron chi connectivity index (χ0n) is 15.5. The molecule has 1 N–H and O–H groups in total. The number of nitrogens with one attached hydrogen (secondary N) is 1. The molecule has 0 saturated carbocycles. The van der Waals surface area contributed by atoms with Crippen LogP contribution in [0, 0.1) is 0 Å². The van der Waals surface area contributed by atoms with Gasteiger partial charge in [-0.05, 0) is 63.1 Å². The van der Waals surface area contributed by atoms with Gasteiger partial charge in [0, 0.05) is 24.0 Å². The number of sulfonamides is 2. The Bertz CT molecular complexity index is 1050. The van der Waals surface area contributed by atoms with Crippen molar-refractivity contribution in [2.75, 3.05) is 4.72 Å². The number of benzene rings is 1. The van der Waals surface area contributed by atoms with Gasteiger partial charge in [0.1, 0.15) is 10.0 Å². The molecule has 28 heavy (non-hydrogen) atoms. The van der Waals surface area contributed by atoms with Crippen molar-refractivity contribution in [2.45, 2.75) is 55.0 Å². The molecular formula is C18H22ClN3O4S2. The third-order valence-corrected chi connectivity index (χ3v) is 8.78. The van der Waals surface area contributed by atoms with Crippen LogP contribution in [0.5, 0.6) is 0 Å². The summed E-state index contributed by atoms with van der Waals surface area (Å²) in [6, 6.07) is 8.34. The fourth-order valence-electron chi connectivity index (χ4n) is 3.47. The summed E-state index contributed by atoms with van der Waals surface area (Å²) in [5, 5.41) is -0.137. The van der Waals surface area contributed by atoms with Crippen molar-refractivity contribution in [2.24, 2.45) is 0 Å². The summed E-state index contributed by atoms with van der Waals surface area (Å²) >= 11 is 5.86. The molecule has 0 spiro atoms. The van der Waals surface area contributed by atoms with E-state index < -0.39 is 20.0 Å². The highest BCUT2D eigenvalue weighted by molar-refractivity contribution is 7.92. The molecule has 1 aliphatic rings. The van der Waals surface area contributed by atoms with Gasteiger partial charge in [0.25, 0.3) is 10.0 Å². The summed E-state index contributed by atoms with van der Waals surface area (Å²) in [5.41, 5.74) is 0.235. The maximum Gasteiger partial charge on any atom is 0.264 e. The maximum absolute atomic E-state index is 13.0. The van der Waals surface area contributed by atoms with E-state index in [1.165, 1.54) is 42.6 Å². The van der Waals surface area contributed by atoms with Crippen molar-refractivity contribution in [3.63, 3.8) is 0 Å². The fourth-order valence-corrected chi connectivity index (χ4v) is 6.86. The minimum absolute atomic E-state index is 0.0698. The molecule has 1 aliphatic heterocycles. The number of nitrogens with zero attached hydrogens (tertiary/aromatic N) is 2. The molecule has 2 atom stereocenters. The number of hydrogen-bond acceptors (Lipinski definition) is 5. The summed E-state index contributed by atoms with van der Waals surface area (Å²) in [4.78, 5) is 3.75. The van der Waals surface area contributed by atoms with E-state index in [4.69, 9.17) is 11.6 Å². The highest BCUT2D eigenvalue weighted by Crippen LogP contribution is 2.30. The van der Waals surface area contributed by atoms with E-state index in [1.54, 1.807) is 4.31 Å². The van der Waals surface area contributed by atoms with Crippen LogP contribution in [0.1, 0.15) is 33.1 Å². The minimum Gasteiger partial charge on any atom is -0.280 e. The van der Waals surface area contributed by atoms with Crippen molar-refractivity contribution >= 4 is 37.3 Å². The molecule has 0 bridgehead atoms. The molecule has 2 heterocycles. The molecule has 0 aliphatic carbocycles. The number of piperidine rings is 1. The largest absolute Gasteiger partial charge is 0.280 e. The lowest BCUT2D eigenvalue weighted by atomic mass is 10.0. The average molecular weight is 444 g/mol. The lowest BCUT2D eigenvalue weighted by Gasteiger charge is -2.37. The van der Waals surface area contributed by atoms with Crippen LogP contribution in [0.2, 0.25) is 5.15 Å². The van der Waals surface area contributed by atoms with E-state index in [0.29, 0.717) is 0 Å². The number of anilines is 1. The summed E-state index contributed by atoms with van der Waals surface area (Å²) in [6.07, 6.45) is 4.05. The Balaban J connectivity index is 1.85. The Labute approximate surface area is 170 Å². The first-order chi connectivity index (χ1) is 13.1.